The summed E-state index contributed by atoms with van der Waals surface area (Å²) in [5, 5.41) is 9.37. The van der Waals surface area contributed by atoms with Crippen molar-refractivity contribution in [1.29, 1.82) is 0 Å². The summed E-state index contributed by atoms with van der Waals surface area (Å²) >= 11 is 0. The van der Waals surface area contributed by atoms with Gasteiger partial charge in [-0.15, -0.1) is 0 Å². The van der Waals surface area contributed by atoms with E-state index in [0.29, 0.717) is 0 Å². The van der Waals surface area contributed by atoms with Gasteiger partial charge in [0, 0.05) is 11.6 Å². The zero-order valence-electron chi connectivity index (χ0n) is 11.4. The van der Waals surface area contributed by atoms with E-state index in [1.165, 1.54) is 0 Å². The van der Waals surface area contributed by atoms with Gasteiger partial charge in [0.05, 0.1) is 18.1 Å². The van der Waals surface area contributed by atoms with E-state index in [1.807, 2.05) is 45.0 Å². The topological polar surface area (TPSA) is 70.6 Å². The molecule has 0 saturated carbocycles. The van der Waals surface area contributed by atoms with Gasteiger partial charge in [-0.1, -0.05) is 18.2 Å². The maximum Gasteiger partial charge on any atom is 0.310 e. The molecule has 5 heteroatoms. The standard InChI is InChI=1S/C14H20N2O3/c1-8(2)19-11-7-5-4-6-10(11)13-12(14(17)18)9(3)15-16-13/h4-9,12-13,15-16H,1-3H3,(H,17,18). The predicted molar refractivity (Wildman–Crippen MR) is 71.8 cm³/mol. The summed E-state index contributed by atoms with van der Waals surface area (Å²) in [4.78, 5) is 11.4. The highest BCUT2D eigenvalue weighted by Crippen LogP contribution is 2.34. The Balaban J connectivity index is 2.33. The van der Waals surface area contributed by atoms with Gasteiger partial charge in [0.1, 0.15) is 5.75 Å². The fourth-order valence-electron chi connectivity index (χ4n) is 2.42. The van der Waals surface area contributed by atoms with E-state index in [1.54, 1.807) is 0 Å². The number of benzene rings is 1. The molecule has 0 aromatic heterocycles. The quantitative estimate of drug-likeness (QED) is 0.772. The zero-order valence-corrected chi connectivity index (χ0v) is 11.4. The summed E-state index contributed by atoms with van der Waals surface area (Å²) in [5.74, 6) is -0.594. The van der Waals surface area contributed by atoms with Crippen LogP contribution in [-0.2, 0) is 4.79 Å². The van der Waals surface area contributed by atoms with Gasteiger partial charge in [-0.25, -0.2) is 5.43 Å². The van der Waals surface area contributed by atoms with E-state index >= 15 is 0 Å². The van der Waals surface area contributed by atoms with E-state index in [0.717, 1.165) is 11.3 Å². The molecule has 0 radical (unpaired) electrons. The number of ether oxygens (including phenoxy) is 1. The summed E-state index contributed by atoms with van der Waals surface area (Å²) in [5.41, 5.74) is 6.93. The average molecular weight is 264 g/mol. The van der Waals surface area contributed by atoms with Crippen LogP contribution in [0.25, 0.3) is 0 Å². The molecule has 1 aliphatic rings. The van der Waals surface area contributed by atoms with Crippen LogP contribution in [-0.4, -0.2) is 23.2 Å². The Labute approximate surface area is 112 Å². The Morgan fingerprint density at radius 2 is 2.00 bits per heavy atom. The lowest BCUT2D eigenvalue weighted by molar-refractivity contribution is -0.142. The molecule has 1 saturated heterocycles. The monoisotopic (exact) mass is 264 g/mol. The molecule has 1 aliphatic heterocycles. The third-order valence-corrected chi connectivity index (χ3v) is 3.27. The van der Waals surface area contributed by atoms with Crippen LogP contribution in [0.1, 0.15) is 32.4 Å². The van der Waals surface area contributed by atoms with Crippen LogP contribution >= 0.6 is 0 Å². The molecule has 0 bridgehead atoms. The van der Waals surface area contributed by atoms with Crippen molar-refractivity contribution in [2.75, 3.05) is 0 Å². The maximum atomic E-state index is 11.4. The molecule has 3 N–H and O–H groups in total. The van der Waals surface area contributed by atoms with Gasteiger partial charge >= 0.3 is 5.97 Å². The third-order valence-electron chi connectivity index (χ3n) is 3.27. The minimum absolute atomic E-state index is 0.0520. The highest BCUT2D eigenvalue weighted by atomic mass is 16.5. The summed E-state index contributed by atoms with van der Waals surface area (Å²) in [6.07, 6.45) is 0.0520. The molecule has 1 fully saturated rings. The number of hydrogen-bond donors (Lipinski definition) is 3. The summed E-state index contributed by atoms with van der Waals surface area (Å²) < 4.78 is 5.76. The third kappa shape index (κ3) is 2.88. The second-order valence-electron chi connectivity index (χ2n) is 5.12. The van der Waals surface area contributed by atoms with Gasteiger partial charge in [0.25, 0.3) is 0 Å². The van der Waals surface area contributed by atoms with E-state index < -0.39 is 11.9 Å². The lowest BCUT2D eigenvalue weighted by Gasteiger charge is -2.21. The second kappa shape index (κ2) is 5.59. The first-order valence-corrected chi connectivity index (χ1v) is 6.50. The lowest BCUT2D eigenvalue weighted by Crippen LogP contribution is -2.30. The SMILES string of the molecule is CC(C)Oc1ccccc1C1NNC(C)C1C(=O)O. The number of carboxylic acid groups (broad SMARTS) is 1. The Kier molecular flexibility index (Phi) is 4.07. The number of aliphatic carboxylic acids is 1. The van der Waals surface area contributed by atoms with Gasteiger partial charge in [-0.05, 0) is 26.8 Å². The molecule has 0 spiro atoms. The highest BCUT2D eigenvalue weighted by molar-refractivity contribution is 5.73. The van der Waals surface area contributed by atoms with Crippen molar-refractivity contribution in [2.45, 2.75) is 39.0 Å². The first-order chi connectivity index (χ1) is 9.00. The van der Waals surface area contributed by atoms with Gasteiger partial charge in [-0.3, -0.25) is 10.2 Å². The van der Waals surface area contributed by atoms with Crippen LogP contribution in [0.3, 0.4) is 0 Å². The minimum Gasteiger partial charge on any atom is -0.491 e. The van der Waals surface area contributed by atoms with Crippen LogP contribution in [0, 0.1) is 5.92 Å². The number of carbonyl (C=O) groups is 1. The zero-order chi connectivity index (χ0) is 14.0. The van der Waals surface area contributed by atoms with Crippen molar-refractivity contribution in [3.63, 3.8) is 0 Å². The number of carboxylic acids is 1. The van der Waals surface area contributed by atoms with Gasteiger partial charge in [0.15, 0.2) is 0 Å². The average Bonchev–Trinajstić information content (AvgIpc) is 2.71. The largest absolute Gasteiger partial charge is 0.491 e. The first kappa shape index (κ1) is 13.8. The second-order valence-corrected chi connectivity index (χ2v) is 5.12. The molecule has 1 aromatic carbocycles. The number of nitrogens with one attached hydrogen (secondary N) is 2. The number of hydrazine groups is 1. The number of hydrogen-bond acceptors (Lipinski definition) is 4. The van der Waals surface area contributed by atoms with Crippen LogP contribution in [0.5, 0.6) is 5.75 Å². The Morgan fingerprint density at radius 3 is 2.63 bits per heavy atom. The molecule has 1 heterocycles. The molecular weight excluding hydrogens is 244 g/mol. The van der Waals surface area contributed by atoms with E-state index in [9.17, 15) is 9.90 Å². The first-order valence-electron chi connectivity index (χ1n) is 6.50. The van der Waals surface area contributed by atoms with Gasteiger partial charge in [0.2, 0.25) is 0 Å². The van der Waals surface area contributed by atoms with Gasteiger partial charge in [-0.2, -0.15) is 0 Å². The van der Waals surface area contributed by atoms with Crippen LogP contribution in [0.4, 0.5) is 0 Å². The van der Waals surface area contributed by atoms with E-state index in [4.69, 9.17) is 4.74 Å². The van der Waals surface area contributed by atoms with Crippen LogP contribution < -0.4 is 15.6 Å². The number of para-hydroxylation sites is 1. The summed E-state index contributed by atoms with van der Waals surface area (Å²) in [6.45, 7) is 5.76. The van der Waals surface area contributed by atoms with Crippen molar-refractivity contribution < 1.29 is 14.6 Å². The minimum atomic E-state index is -0.811. The molecule has 104 valence electrons. The fourth-order valence-corrected chi connectivity index (χ4v) is 2.42. The summed E-state index contributed by atoms with van der Waals surface area (Å²) in [7, 11) is 0. The lowest BCUT2D eigenvalue weighted by atomic mass is 9.90. The smallest absolute Gasteiger partial charge is 0.310 e. The van der Waals surface area contributed by atoms with Gasteiger partial charge < -0.3 is 9.84 Å². The van der Waals surface area contributed by atoms with Crippen molar-refractivity contribution in [3.05, 3.63) is 29.8 Å². The number of rotatable bonds is 4. The van der Waals surface area contributed by atoms with Crippen molar-refractivity contribution in [3.8, 4) is 5.75 Å². The maximum absolute atomic E-state index is 11.4. The van der Waals surface area contributed by atoms with Crippen molar-refractivity contribution >= 4 is 5.97 Å². The molecule has 0 aliphatic carbocycles. The van der Waals surface area contributed by atoms with Crippen LogP contribution in [0.2, 0.25) is 0 Å². The molecule has 3 atom stereocenters. The highest BCUT2D eigenvalue weighted by Gasteiger charge is 2.40. The Bertz CT molecular complexity index is 462. The molecule has 2 rings (SSSR count). The molecular formula is C14H20N2O3. The predicted octanol–water partition coefficient (Wildman–Crippen LogP) is 1.71. The Morgan fingerprint density at radius 1 is 1.32 bits per heavy atom. The molecule has 1 aromatic rings. The molecule has 5 nitrogen and oxygen atoms in total. The molecule has 3 unspecified atom stereocenters. The fraction of sp³-hybridized carbons (Fsp3) is 0.500. The van der Waals surface area contributed by atoms with Crippen molar-refractivity contribution in [1.82, 2.24) is 10.9 Å². The molecule has 19 heavy (non-hydrogen) atoms. The van der Waals surface area contributed by atoms with E-state index in [-0.39, 0.29) is 18.2 Å². The van der Waals surface area contributed by atoms with Crippen LogP contribution in [0.15, 0.2) is 24.3 Å². The van der Waals surface area contributed by atoms with E-state index in [2.05, 4.69) is 10.9 Å². The Hall–Kier alpha value is -1.59. The molecule has 0 amide bonds. The van der Waals surface area contributed by atoms with Crippen molar-refractivity contribution in [2.24, 2.45) is 5.92 Å². The summed E-state index contributed by atoms with van der Waals surface area (Å²) in [6, 6.07) is 7.15. The normalized spacial score (nSPS) is 26.6.